The van der Waals surface area contributed by atoms with Crippen LogP contribution in [0.3, 0.4) is 0 Å². The highest BCUT2D eigenvalue weighted by molar-refractivity contribution is 6.33. The fraction of sp³-hybridized carbons (Fsp3) is 0.133. The monoisotopic (exact) mass is 326 g/mol. The minimum atomic E-state index is -0.791. The molecule has 22 heavy (non-hydrogen) atoms. The van der Waals surface area contributed by atoms with Gasteiger partial charge in [-0.25, -0.2) is 13.6 Å². The number of hydrogen-bond donors (Lipinski definition) is 2. The summed E-state index contributed by atoms with van der Waals surface area (Å²) >= 11 is 5.90. The van der Waals surface area contributed by atoms with Gasteiger partial charge in [0.2, 0.25) is 0 Å². The van der Waals surface area contributed by atoms with Crippen LogP contribution in [0.2, 0.25) is 5.02 Å². The Morgan fingerprint density at radius 1 is 1.18 bits per heavy atom. The molecule has 2 rings (SSSR count). The number of urea groups is 1. The van der Waals surface area contributed by atoms with Gasteiger partial charge in [0, 0.05) is 6.07 Å². The van der Waals surface area contributed by atoms with E-state index in [0.717, 1.165) is 12.1 Å². The van der Waals surface area contributed by atoms with Crippen LogP contribution in [0.25, 0.3) is 0 Å². The molecule has 0 unspecified atom stereocenters. The van der Waals surface area contributed by atoms with Crippen molar-refractivity contribution in [1.29, 1.82) is 0 Å². The molecule has 0 fully saturated rings. The van der Waals surface area contributed by atoms with Gasteiger partial charge in [0.05, 0.1) is 17.3 Å². The number of ether oxygens (including phenoxy) is 1. The Morgan fingerprint density at radius 3 is 2.68 bits per heavy atom. The van der Waals surface area contributed by atoms with Crippen molar-refractivity contribution in [3.63, 3.8) is 0 Å². The zero-order valence-electron chi connectivity index (χ0n) is 11.4. The van der Waals surface area contributed by atoms with Crippen molar-refractivity contribution >= 4 is 23.3 Å². The van der Waals surface area contributed by atoms with E-state index < -0.39 is 17.7 Å². The molecule has 4 nitrogen and oxygen atoms in total. The van der Waals surface area contributed by atoms with Crippen LogP contribution in [0.1, 0.15) is 0 Å². The minimum Gasteiger partial charge on any atom is -0.489 e. The standard InChI is InChI=1S/C15H13ClF2N2O2/c16-11-3-1-2-4-13(11)20-15(21)19-7-8-22-14-6-5-10(17)9-12(14)18/h1-6,9H,7-8H2,(H2,19,20,21). The smallest absolute Gasteiger partial charge is 0.319 e. The second-order valence-electron chi connectivity index (χ2n) is 4.28. The fourth-order valence-corrected chi connectivity index (χ4v) is 1.83. The van der Waals surface area contributed by atoms with Crippen LogP contribution in [0.15, 0.2) is 42.5 Å². The van der Waals surface area contributed by atoms with Crippen LogP contribution in [-0.4, -0.2) is 19.2 Å². The number of rotatable bonds is 5. The van der Waals surface area contributed by atoms with E-state index >= 15 is 0 Å². The molecular formula is C15H13ClF2N2O2. The third-order valence-electron chi connectivity index (χ3n) is 2.66. The maximum atomic E-state index is 13.3. The first kappa shape index (κ1) is 16.0. The Morgan fingerprint density at radius 2 is 1.95 bits per heavy atom. The average Bonchev–Trinajstić information content (AvgIpc) is 2.48. The molecule has 0 atom stereocenters. The molecule has 0 aromatic heterocycles. The van der Waals surface area contributed by atoms with E-state index in [0.29, 0.717) is 10.7 Å². The van der Waals surface area contributed by atoms with E-state index in [9.17, 15) is 13.6 Å². The van der Waals surface area contributed by atoms with Gasteiger partial charge in [-0.3, -0.25) is 0 Å². The maximum Gasteiger partial charge on any atom is 0.319 e. The number of carbonyl (C=O) groups is 1. The lowest BCUT2D eigenvalue weighted by molar-refractivity contribution is 0.246. The Labute approximate surface area is 131 Å². The summed E-state index contributed by atoms with van der Waals surface area (Å²) in [4.78, 5) is 11.6. The molecule has 0 aliphatic heterocycles. The van der Waals surface area contributed by atoms with Crippen LogP contribution in [0, 0.1) is 11.6 Å². The van der Waals surface area contributed by atoms with E-state index in [2.05, 4.69) is 10.6 Å². The van der Waals surface area contributed by atoms with Crippen molar-refractivity contribution in [3.8, 4) is 5.75 Å². The molecule has 2 aromatic rings. The zero-order chi connectivity index (χ0) is 15.9. The van der Waals surface area contributed by atoms with E-state index in [1.807, 2.05) is 0 Å². The SMILES string of the molecule is O=C(NCCOc1ccc(F)cc1F)Nc1ccccc1Cl. The third-order valence-corrected chi connectivity index (χ3v) is 2.99. The minimum absolute atomic E-state index is 0.0402. The van der Waals surface area contributed by atoms with Crippen LogP contribution in [-0.2, 0) is 0 Å². The molecule has 2 N–H and O–H groups in total. The number of benzene rings is 2. The van der Waals surface area contributed by atoms with E-state index in [-0.39, 0.29) is 18.9 Å². The summed E-state index contributed by atoms with van der Waals surface area (Å²) in [6.45, 7) is 0.186. The maximum absolute atomic E-state index is 13.3. The summed E-state index contributed by atoms with van der Waals surface area (Å²) in [7, 11) is 0. The van der Waals surface area contributed by atoms with Crippen LogP contribution < -0.4 is 15.4 Å². The zero-order valence-corrected chi connectivity index (χ0v) is 12.2. The normalized spacial score (nSPS) is 10.1. The molecular weight excluding hydrogens is 314 g/mol. The van der Waals surface area contributed by atoms with Crippen molar-refractivity contribution in [3.05, 3.63) is 59.1 Å². The summed E-state index contributed by atoms with van der Waals surface area (Å²) < 4.78 is 31.1. The van der Waals surface area contributed by atoms with Gasteiger partial charge < -0.3 is 15.4 Å². The summed E-state index contributed by atoms with van der Waals surface area (Å²) in [5.74, 6) is -1.54. The van der Waals surface area contributed by atoms with Crippen molar-refractivity contribution in [2.45, 2.75) is 0 Å². The number of nitrogens with one attached hydrogen (secondary N) is 2. The number of hydrogen-bond acceptors (Lipinski definition) is 2. The highest BCUT2D eigenvalue weighted by Crippen LogP contribution is 2.20. The van der Waals surface area contributed by atoms with Gasteiger partial charge in [-0.1, -0.05) is 23.7 Å². The van der Waals surface area contributed by atoms with Gasteiger partial charge in [0.1, 0.15) is 12.4 Å². The Bertz CT molecular complexity index is 668. The lowest BCUT2D eigenvalue weighted by Gasteiger charge is -2.10. The quantitative estimate of drug-likeness (QED) is 0.821. The fourth-order valence-electron chi connectivity index (χ4n) is 1.65. The molecule has 0 spiro atoms. The van der Waals surface area contributed by atoms with Crippen molar-refractivity contribution in [2.75, 3.05) is 18.5 Å². The molecule has 7 heteroatoms. The molecule has 0 aliphatic rings. The molecule has 2 amide bonds. The topological polar surface area (TPSA) is 50.4 Å². The first-order valence-corrected chi connectivity index (χ1v) is 6.81. The predicted octanol–water partition coefficient (Wildman–Crippen LogP) is 3.82. The van der Waals surface area contributed by atoms with E-state index in [1.165, 1.54) is 6.07 Å². The Kier molecular flexibility index (Phi) is 5.55. The number of amides is 2. The lowest BCUT2D eigenvalue weighted by atomic mass is 10.3. The van der Waals surface area contributed by atoms with Crippen LogP contribution in [0.5, 0.6) is 5.75 Å². The van der Waals surface area contributed by atoms with Gasteiger partial charge in [-0.05, 0) is 24.3 Å². The highest BCUT2D eigenvalue weighted by atomic mass is 35.5. The number of anilines is 1. The molecule has 2 aromatic carbocycles. The molecule has 0 saturated heterocycles. The molecule has 0 saturated carbocycles. The first-order chi connectivity index (χ1) is 10.6. The van der Waals surface area contributed by atoms with Crippen LogP contribution >= 0.6 is 11.6 Å². The number of para-hydroxylation sites is 1. The molecule has 0 radical (unpaired) electrons. The lowest BCUT2D eigenvalue weighted by Crippen LogP contribution is -2.32. The van der Waals surface area contributed by atoms with Crippen molar-refractivity contribution in [2.24, 2.45) is 0 Å². The molecule has 0 heterocycles. The number of halogens is 3. The van der Waals surface area contributed by atoms with E-state index in [4.69, 9.17) is 16.3 Å². The predicted molar refractivity (Wildman–Crippen MR) is 80.3 cm³/mol. The summed E-state index contributed by atoms with van der Waals surface area (Å²) in [6, 6.07) is 9.34. The van der Waals surface area contributed by atoms with Gasteiger partial charge in [0.15, 0.2) is 11.6 Å². The number of carbonyl (C=O) groups excluding carboxylic acids is 1. The van der Waals surface area contributed by atoms with Gasteiger partial charge in [-0.15, -0.1) is 0 Å². The molecule has 0 bridgehead atoms. The first-order valence-electron chi connectivity index (χ1n) is 6.43. The summed E-state index contributed by atoms with van der Waals surface area (Å²) in [5.41, 5.74) is 0.479. The Balaban J connectivity index is 1.74. The van der Waals surface area contributed by atoms with Gasteiger partial charge in [0.25, 0.3) is 0 Å². The van der Waals surface area contributed by atoms with Crippen molar-refractivity contribution in [1.82, 2.24) is 5.32 Å². The average molecular weight is 327 g/mol. The second kappa shape index (κ2) is 7.61. The Hall–Kier alpha value is -2.34. The summed E-state index contributed by atoms with van der Waals surface area (Å²) in [6.07, 6.45) is 0. The second-order valence-corrected chi connectivity index (χ2v) is 4.69. The molecule has 116 valence electrons. The van der Waals surface area contributed by atoms with Gasteiger partial charge >= 0.3 is 6.03 Å². The van der Waals surface area contributed by atoms with Gasteiger partial charge in [-0.2, -0.15) is 0 Å². The highest BCUT2D eigenvalue weighted by Gasteiger charge is 2.06. The molecule has 0 aliphatic carbocycles. The largest absolute Gasteiger partial charge is 0.489 e. The van der Waals surface area contributed by atoms with E-state index in [1.54, 1.807) is 24.3 Å². The summed E-state index contributed by atoms with van der Waals surface area (Å²) in [5, 5.41) is 5.51. The van der Waals surface area contributed by atoms with Crippen LogP contribution in [0.4, 0.5) is 19.3 Å². The third kappa shape index (κ3) is 4.60. The van der Waals surface area contributed by atoms with Crippen molar-refractivity contribution < 1.29 is 18.3 Å².